The van der Waals surface area contributed by atoms with Crippen molar-refractivity contribution in [2.75, 3.05) is 20.2 Å². The summed E-state index contributed by atoms with van der Waals surface area (Å²) in [5.74, 6) is -0.812. The highest BCUT2D eigenvalue weighted by Crippen LogP contribution is 2.24. The molecule has 1 saturated carbocycles. The van der Waals surface area contributed by atoms with Crippen molar-refractivity contribution in [2.45, 2.75) is 18.9 Å². The highest BCUT2D eigenvalue weighted by atomic mass is 16.5. The Labute approximate surface area is 100 Å². The molecular formula is C12H16N2O3. The number of carboxylic acid groups (broad SMARTS) is 1. The van der Waals surface area contributed by atoms with Crippen molar-refractivity contribution < 1.29 is 14.6 Å². The standard InChI is InChI=1S/C12H16N2O3/c1-14(9-4-5-9)7-8-17-11-10(12(15)16)3-2-6-13-11/h2-3,6,9H,4-5,7-8H2,1H3,(H,15,16). The number of ether oxygens (including phenoxy) is 1. The van der Waals surface area contributed by atoms with Crippen LogP contribution in [0.25, 0.3) is 0 Å². The lowest BCUT2D eigenvalue weighted by atomic mass is 10.3. The number of rotatable bonds is 6. The molecule has 0 bridgehead atoms. The summed E-state index contributed by atoms with van der Waals surface area (Å²) in [5, 5.41) is 8.94. The number of hydrogen-bond acceptors (Lipinski definition) is 4. The van der Waals surface area contributed by atoms with E-state index in [1.807, 2.05) is 0 Å². The van der Waals surface area contributed by atoms with Gasteiger partial charge in [0, 0.05) is 18.8 Å². The molecule has 1 fully saturated rings. The van der Waals surface area contributed by atoms with E-state index in [9.17, 15) is 4.79 Å². The largest absolute Gasteiger partial charge is 0.477 e. The summed E-state index contributed by atoms with van der Waals surface area (Å²) < 4.78 is 5.41. The molecule has 1 aromatic rings. The summed E-state index contributed by atoms with van der Waals surface area (Å²) in [6.07, 6.45) is 4.04. The summed E-state index contributed by atoms with van der Waals surface area (Å²) >= 11 is 0. The van der Waals surface area contributed by atoms with Gasteiger partial charge in [-0.05, 0) is 32.0 Å². The minimum absolute atomic E-state index is 0.113. The molecule has 1 aromatic heterocycles. The zero-order valence-electron chi connectivity index (χ0n) is 9.80. The summed E-state index contributed by atoms with van der Waals surface area (Å²) in [5.41, 5.74) is 0.113. The summed E-state index contributed by atoms with van der Waals surface area (Å²) in [4.78, 5) is 17.1. The second-order valence-corrected chi connectivity index (χ2v) is 4.22. The van der Waals surface area contributed by atoms with Gasteiger partial charge in [-0.3, -0.25) is 0 Å². The van der Waals surface area contributed by atoms with Gasteiger partial charge in [0.25, 0.3) is 0 Å². The lowest BCUT2D eigenvalue weighted by Crippen LogP contribution is -2.26. The molecule has 0 radical (unpaired) electrons. The Morgan fingerprint density at radius 3 is 3.06 bits per heavy atom. The number of aromatic nitrogens is 1. The summed E-state index contributed by atoms with van der Waals surface area (Å²) in [7, 11) is 2.05. The van der Waals surface area contributed by atoms with E-state index in [2.05, 4.69) is 16.9 Å². The molecule has 5 heteroatoms. The van der Waals surface area contributed by atoms with Crippen LogP contribution in [0.4, 0.5) is 0 Å². The van der Waals surface area contributed by atoms with Crippen LogP contribution in [0, 0.1) is 0 Å². The van der Waals surface area contributed by atoms with Crippen molar-refractivity contribution in [3.05, 3.63) is 23.9 Å². The van der Waals surface area contributed by atoms with Crippen LogP contribution in [-0.2, 0) is 0 Å². The van der Waals surface area contributed by atoms with Crippen LogP contribution in [0.5, 0.6) is 5.88 Å². The molecule has 17 heavy (non-hydrogen) atoms. The lowest BCUT2D eigenvalue weighted by Gasteiger charge is -2.15. The Morgan fingerprint density at radius 2 is 2.41 bits per heavy atom. The minimum Gasteiger partial charge on any atom is -0.477 e. The number of pyridine rings is 1. The maximum atomic E-state index is 10.9. The van der Waals surface area contributed by atoms with E-state index in [4.69, 9.17) is 9.84 Å². The van der Waals surface area contributed by atoms with Gasteiger partial charge >= 0.3 is 5.97 Å². The van der Waals surface area contributed by atoms with Crippen LogP contribution in [-0.4, -0.2) is 47.2 Å². The third-order valence-electron chi connectivity index (χ3n) is 2.85. The zero-order valence-corrected chi connectivity index (χ0v) is 9.80. The number of carboxylic acids is 1. The summed E-state index contributed by atoms with van der Waals surface area (Å²) in [6.45, 7) is 1.25. The van der Waals surface area contributed by atoms with Crippen molar-refractivity contribution in [3.8, 4) is 5.88 Å². The van der Waals surface area contributed by atoms with E-state index in [0.717, 1.165) is 6.54 Å². The van der Waals surface area contributed by atoms with Crippen LogP contribution < -0.4 is 4.74 Å². The molecule has 2 rings (SSSR count). The predicted molar refractivity (Wildman–Crippen MR) is 62.3 cm³/mol. The molecule has 92 valence electrons. The van der Waals surface area contributed by atoms with E-state index in [0.29, 0.717) is 12.6 Å². The molecule has 0 amide bonds. The average Bonchev–Trinajstić information content (AvgIpc) is 3.13. The second kappa shape index (κ2) is 5.14. The Bertz CT molecular complexity index is 404. The van der Waals surface area contributed by atoms with Crippen LogP contribution in [0.1, 0.15) is 23.2 Å². The van der Waals surface area contributed by atoms with Crippen LogP contribution in [0.2, 0.25) is 0 Å². The number of aromatic carboxylic acids is 1. The van der Waals surface area contributed by atoms with Crippen LogP contribution >= 0.6 is 0 Å². The third-order valence-corrected chi connectivity index (χ3v) is 2.85. The van der Waals surface area contributed by atoms with Crippen molar-refractivity contribution in [1.82, 2.24) is 9.88 Å². The first-order valence-electron chi connectivity index (χ1n) is 5.70. The number of likely N-dealkylation sites (N-methyl/N-ethyl adjacent to an activating group) is 1. The van der Waals surface area contributed by atoms with Gasteiger partial charge in [-0.1, -0.05) is 0 Å². The first kappa shape index (κ1) is 11.9. The van der Waals surface area contributed by atoms with Gasteiger partial charge in [0.1, 0.15) is 12.2 Å². The Kier molecular flexibility index (Phi) is 3.58. The first-order valence-corrected chi connectivity index (χ1v) is 5.70. The van der Waals surface area contributed by atoms with E-state index in [-0.39, 0.29) is 11.4 Å². The van der Waals surface area contributed by atoms with E-state index < -0.39 is 5.97 Å². The molecule has 5 nitrogen and oxygen atoms in total. The van der Waals surface area contributed by atoms with Gasteiger partial charge in [0.05, 0.1) is 0 Å². The average molecular weight is 236 g/mol. The highest BCUT2D eigenvalue weighted by molar-refractivity contribution is 5.90. The van der Waals surface area contributed by atoms with Crippen LogP contribution in [0.3, 0.4) is 0 Å². The van der Waals surface area contributed by atoms with Gasteiger partial charge in [0.2, 0.25) is 5.88 Å². The van der Waals surface area contributed by atoms with Gasteiger partial charge < -0.3 is 14.7 Å². The minimum atomic E-state index is -1.01. The van der Waals surface area contributed by atoms with Gasteiger partial charge in [-0.25, -0.2) is 9.78 Å². The van der Waals surface area contributed by atoms with E-state index in [1.54, 1.807) is 6.07 Å². The topological polar surface area (TPSA) is 62.7 Å². The van der Waals surface area contributed by atoms with Gasteiger partial charge in [-0.2, -0.15) is 0 Å². The Morgan fingerprint density at radius 1 is 1.65 bits per heavy atom. The molecule has 0 aromatic carbocycles. The van der Waals surface area contributed by atoms with E-state index >= 15 is 0 Å². The molecule has 0 spiro atoms. The van der Waals surface area contributed by atoms with E-state index in [1.165, 1.54) is 25.1 Å². The predicted octanol–water partition coefficient (Wildman–Crippen LogP) is 1.25. The fourth-order valence-electron chi connectivity index (χ4n) is 1.65. The first-order chi connectivity index (χ1) is 8.18. The number of nitrogens with zero attached hydrogens (tertiary/aromatic N) is 2. The zero-order chi connectivity index (χ0) is 12.3. The Balaban J connectivity index is 1.87. The molecular weight excluding hydrogens is 220 g/mol. The fourth-order valence-corrected chi connectivity index (χ4v) is 1.65. The fraction of sp³-hybridized carbons (Fsp3) is 0.500. The maximum Gasteiger partial charge on any atom is 0.341 e. The monoisotopic (exact) mass is 236 g/mol. The third kappa shape index (κ3) is 3.17. The smallest absolute Gasteiger partial charge is 0.341 e. The van der Waals surface area contributed by atoms with Crippen molar-refractivity contribution >= 4 is 5.97 Å². The van der Waals surface area contributed by atoms with Gasteiger partial charge in [-0.15, -0.1) is 0 Å². The van der Waals surface area contributed by atoms with Crippen molar-refractivity contribution in [2.24, 2.45) is 0 Å². The summed E-state index contributed by atoms with van der Waals surface area (Å²) in [6, 6.07) is 3.77. The molecule has 0 unspecified atom stereocenters. The molecule has 0 aliphatic heterocycles. The lowest BCUT2D eigenvalue weighted by molar-refractivity contribution is 0.0690. The van der Waals surface area contributed by atoms with Crippen molar-refractivity contribution in [1.29, 1.82) is 0 Å². The van der Waals surface area contributed by atoms with Crippen molar-refractivity contribution in [3.63, 3.8) is 0 Å². The highest BCUT2D eigenvalue weighted by Gasteiger charge is 2.25. The SMILES string of the molecule is CN(CCOc1ncccc1C(=O)O)C1CC1. The number of hydrogen-bond donors (Lipinski definition) is 1. The molecule has 1 N–H and O–H groups in total. The quantitative estimate of drug-likeness (QED) is 0.805. The normalized spacial score (nSPS) is 14.9. The second-order valence-electron chi connectivity index (χ2n) is 4.22. The molecule has 0 saturated heterocycles. The van der Waals surface area contributed by atoms with Crippen LogP contribution in [0.15, 0.2) is 18.3 Å². The molecule has 1 aliphatic rings. The molecule has 1 heterocycles. The molecule has 1 aliphatic carbocycles. The molecule has 0 atom stereocenters. The Hall–Kier alpha value is -1.62. The number of carbonyl (C=O) groups is 1. The van der Waals surface area contributed by atoms with Gasteiger partial charge in [0.15, 0.2) is 0 Å². The maximum absolute atomic E-state index is 10.9.